The number of hydrogen-bond donors (Lipinski definition) is 5. The molecule has 0 bridgehead atoms. The Morgan fingerprint density at radius 3 is 1.98 bits per heavy atom. The molecule has 1 heterocycles. The number of nitrogens with zero attached hydrogens (tertiary/aromatic N) is 2. The first-order chi connectivity index (χ1) is 22.5. The van der Waals surface area contributed by atoms with E-state index in [2.05, 4.69) is 22.2 Å². The van der Waals surface area contributed by atoms with Crippen LogP contribution in [0.3, 0.4) is 0 Å². The van der Waals surface area contributed by atoms with Crippen LogP contribution >= 0.6 is 0 Å². The van der Waals surface area contributed by atoms with Gasteiger partial charge < -0.3 is 25.7 Å². The van der Waals surface area contributed by atoms with Gasteiger partial charge >= 0.3 is 17.9 Å². The normalized spacial score (nSPS) is 13.8. The highest BCUT2D eigenvalue weighted by atomic mass is 16.4. The standard InChI is InChI=1S/C35H47N3O9/c1-2-3-4-7-10-13-28(39)14-11-8-5-6-9-12-15-29(35(47,34(45)46)21-31(40)41)32(42)38-30(33(43)44)20-25-16-18-26(19-17-25)27-22-36-24-37-23-27/h12,15-19,22-24,29-30,47H,2-11,13-14,20-21H2,1H3,(H,38,42)(H,40,41)(H,43,44)(H,45,46)/b15-12+/t29-,30+,35+/m1/s1. The van der Waals surface area contributed by atoms with E-state index in [1.54, 1.807) is 36.7 Å². The number of carboxylic acid groups (broad SMARTS) is 3. The van der Waals surface area contributed by atoms with Crippen LogP contribution in [0.15, 0.2) is 55.1 Å². The fourth-order valence-corrected chi connectivity index (χ4v) is 5.21. The van der Waals surface area contributed by atoms with Crippen molar-refractivity contribution in [2.45, 2.75) is 108 Å². The van der Waals surface area contributed by atoms with Gasteiger partial charge in [-0.25, -0.2) is 19.6 Å². The lowest BCUT2D eigenvalue weighted by Gasteiger charge is -2.29. The Morgan fingerprint density at radius 2 is 1.43 bits per heavy atom. The summed E-state index contributed by atoms with van der Waals surface area (Å²) in [7, 11) is 0. The van der Waals surface area contributed by atoms with Gasteiger partial charge in [-0.05, 0) is 36.8 Å². The Bertz CT molecular complexity index is 1330. The van der Waals surface area contributed by atoms with Crippen LogP contribution in [0.2, 0.25) is 0 Å². The number of amides is 1. The zero-order valence-corrected chi connectivity index (χ0v) is 27.0. The van der Waals surface area contributed by atoms with Gasteiger partial charge in [0.05, 0.1) is 12.3 Å². The molecule has 1 aromatic carbocycles. The van der Waals surface area contributed by atoms with Gasteiger partial charge in [0.25, 0.3) is 0 Å². The average molecular weight is 654 g/mol. The summed E-state index contributed by atoms with van der Waals surface area (Å²) in [6.45, 7) is 2.15. The molecule has 1 aromatic heterocycles. The smallest absolute Gasteiger partial charge is 0.337 e. The van der Waals surface area contributed by atoms with E-state index in [1.807, 2.05) is 0 Å². The number of allylic oxidation sites excluding steroid dienone is 1. The molecule has 47 heavy (non-hydrogen) atoms. The predicted octanol–water partition coefficient (Wildman–Crippen LogP) is 4.99. The molecule has 2 aromatic rings. The molecule has 0 fully saturated rings. The number of aromatic nitrogens is 2. The second kappa shape index (κ2) is 20.6. The summed E-state index contributed by atoms with van der Waals surface area (Å²) < 4.78 is 0. The van der Waals surface area contributed by atoms with Crippen molar-refractivity contribution >= 4 is 29.6 Å². The molecule has 5 N–H and O–H groups in total. The summed E-state index contributed by atoms with van der Waals surface area (Å²) in [6.07, 6.45) is 15.9. The Morgan fingerprint density at radius 1 is 0.830 bits per heavy atom. The number of unbranched alkanes of at least 4 members (excludes halogenated alkanes) is 8. The lowest BCUT2D eigenvalue weighted by atomic mass is 9.82. The maximum Gasteiger partial charge on any atom is 0.337 e. The van der Waals surface area contributed by atoms with Crippen LogP contribution in [-0.2, 0) is 30.4 Å². The van der Waals surface area contributed by atoms with Gasteiger partial charge in [0, 0.05) is 37.2 Å². The van der Waals surface area contributed by atoms with Crippen molar-refractivity contribution in [1.82, 2.24) is 15.3 Å². The average Bonchev–Trinajstić information content (AvgIpc) is 3.03. The second-order valence-corrected chi connectivity index (χ2v) is 11.8. The summed E-state index contributed by atoms with van der Waals surface area (Å²) in [5.41, 5.74) is -0.927. The highest BCUT2D eigenvalue weighted by Crippen LogP contribution is 2.26. The Kier molecular flexibility index (Phi) is 17.0. The summed E-state index contributed by atoms with van der Waals surface area (Å²) in [6, 6.07) is 5.33. The molecule has 0 saturated carbocycles. The first-order valence-corrected chi connectivity index (χ1v) is 16.2. The van der Waals surface area contributed by atoms with Crippen molar-refractivity contribution in [1.29, 1.82) is 0 Å². The van der Waals surface area contributed by atoms with Crippen molar-refractivity contribution in [3.63, 3.8) is 0 Å². The number of aliphatic hydroxyl groups is 1. The van der Waals surface area contributed by atoms with Crippen molar-refractivity contribution in [2.24, 2.45) is 5.92 Å². The number of ketones is 1. The van der Waals surface area contributed by atoms with Gasteiger partial charge in [-0.1, -0.05) is 81.9 Å². The minimum Gasteiger partial charge on any atom is -0.481 e. The maximum atomic E-state index is 13.3. The highest BCUT2D eigenvalue weighted by Gasteiger charge is 2.49. The Labute approximate surface area is 275 Å². The number of aliphatic carboxylic acids is 3. The Balaban J connectivity index is 2.01. The molecule has 12 nitrogen and oxygen atoms in total. The molecule has 3 atom stereocenters. The first kappa shape index (κ1) is 38.7. The van der Waals surface area contributed by atoms with Crippen LogP contribution in [0, 0.1) is 5.92 Å². The SMILES string of the molecule is CCCCCCCC(=O)CCCCCC/C=C/[C@H](C(=O)N[C@@H](Cc1ccc(-c2cncnc2)cc1)C(=O)O)[C@@](O)(CC(=O)O)C(=O)O. The summed E-state index contributed by atoms with van der Waals surface area (Å²) >= 11 is 0. The molecule has 1 amide bonds. The van der Waals surface area contributed by atoms with Crippen LogP contribution in [-0.4, -0.2) is 71.6 Å². The van der Waals surface area contributed by atoms with Crippen molar-refractivity contribution in [3.05, 3.63) is 60.7 Å². The third-order valence-corrected chi connectivity index (χ3v) is 7.95. The number of carbonyl (C=O) groups excluding carboxylic acids is 2. The van der Waals surface area contributed by atoms with Gasteiger partial charge in [-0.15, -0.1) is 0 Å². The highest BCUT2D eigenvalue weighted by molar-refractivity contribution is 5.94. The molecule has 0 radical (unpaired) electrons. The fourth-order valence-electron chi connectivity index (χ4n) is 5.21. The molecule has 0 aliphatic carbocycles. The maximum absolute atomic E-state index is 13.3. The minimum atomic E-state index is -3.02. The lowest BCUT2D eigenvalue weighted by molar-refractivity contribution is -0.172. The topological polar surface area (TPSA) is 204 Å². The molecular weight excluding hydrogens is 606 g/mol. The van der Waals surface area contributed by atoms with E-state index in [0.29, 0.717) is 31.2 Å². The van der Waals surface area contributed by atoms with Gasteiger partial charge in [0.1, 0.15) is 18.2 Å². The zero-order chi connectivity index (χ0) is 34.7. The second-order valence-electron chi connectivity index (χ2n) is 11.8. The van der Waals surface area contributed by atoms with Gasteiger partial charge in [0.2, 0.25) is 5.91 Å². The molecule has 0 aliphatic heterocycles. The zero-order valence-electron chi connectivity index (χ0n) is 27.0. The number of Topliss-reactive ketones (excluding diaryl/α,β-unsaturated/α-hetero) is 1. The lowest BCUT2D eigenvalue weighted by Crippen LogP contribution is -2.55. The molecule has 0 saturated heterocycles. The number of rotatable bonds is 24. The molecule has 256 valence electrons. The quantitative estimate of drug-likeness (QED) is 0.0754. The van der Waals surface area contributed by atoms with E-state index < -0.39 is 47.8 Å². The van der Waals surface area contributed by atoms with E-state index in [0.717, 1.165) is 62.1 Å². The van der Waals surface area contributed by atoms with Crippen LogP contribution < -0.4 is 5.32 Å². The fraction of sp³-hybridized carbons (Fsp3) is 0.514. The molecule has 12 heteroatoms. The van der Waals surface area contributed by atoms with Crippen molar-refractivity contribution in [2.75, 3.05) is 0 Å². The van der Waals surface area contributed by atoms with Crippen LogP contribution in [0.1, 0.15) is 96.0 Å². The monoisotopic (exact) mass is 653 g/mol. The van der Waals surface area contributed by atoms with E-state index in [1.165, 1.54) is 18.8 Å². The van der Waals surface area contributed by atoms with Gasteiger partial charge in [-0.2, -0.15) is 0 Å². The third kappa shape index (κ3) is 13.8. The largest absolute Gasteiger partial charge is 0.481 e. The molecular formula is C35H47N3O9. The molecule has 0 unspecified atom stereocenters. The van der Waals surface area contributed by atoms with Crippen LogP contribution in [0.25, 0.3) is 11.1 Å². The summed E-state index contributed by atoms with van der Waals surface area (Å²) in [4.78, 5) is 68.9. The minimum absolute atomic E-state index is 0.158. The summed E-state index contributed by atoms with van der Waals surface area (Å²) in [5, 5.41) is 42.1. The van der Waals surface area contributed by atoms with E-state index in [-0.39, 0.29) is 12.2 Å². The molecule has 2 rings (SSSR count). The third-order valence-electron chi connectivity index (χ3n) is 7.95. The van der Waals surface area contributed by atoms with Crippen LogP contribution in [0.5, 0.6) is 0 Å². The summed E-state index contributed by atoms with van der Waals surface area (Å²) in [5.74, 6) is -7.71. The Hall–Kier alpha value is -4.45. The van der Waals surface area contributed by atoms with Crippen LogP contribution in [0.4, 0.5) is 0 Å². The number of nitrogens with one attached hydrogen (secondary N) is 1. The van der Waals surface area contributed by atoms with E-state index in [9.17, 15) is 44.4 Å². The van der Waals surface area contributed by atoms with Gasteiger partial charge in [0.15, 0.2) is 5.60 Å². The molecule has 0 spiro atoms. The number of carboxylic acids is 3. The van der Waals surface area contributed by atoms with Crippen molar-refractivity contribution in [3.8, 4) is 11.1 Å². The van der Waals surface area contributed by atoms with Gasteiger partial charge in [-0.3, -0.25) is 14.4 Å². The molecule has 0 aliphatic rings. The van der Waals surface area contributed by atoms with E-state index in [4.69, 9.17) is 0 Å². The predicted molar refractivity (Wildman–Crippen MR) is 174 cm³/mol. The van der Waals surface area contributed by atoms with Crippen molar-refractivity contribution < 1.29 is 44.4 Å². The number of benzene rings is 1. The number of carbonyl (C=O) groups is 5. The number of hydrogen-bond acceptors (Lipinski definition) is 8. The first-order valence-electron chi connectivity index (χ1n) is 16.2. The van der Waals surface area contributed by atoms with E-state index >= 15 is 0 Å².